The molecule has 2 aliphatic carbocycles. The fraction of sp³-hybridized carbons (Fsp3) is 0.625. The largest absolute Gasteiger partial charge is 0.296 e. The third kappa shape index (κ3) is 0.875. The molecule has 0 saturated heterocycles. The van der Waals surface area contributed by atoms with E-state index < -0.39 is 4.33 Å². The molecule has 0 radical (unpaired) electrons. The summed E-state index contributed by atoms with van der Waals surface area (Å²) in [7, 11) is 0. The standard InChI is InChI=1S/C8H8Cl2O/c9-8(10)6-4-2-1-3-5(6)7(8)11/h1-2,5-6H,3-4H2/t5-,6+/m1/s1. The van der Waals surface area contributed by atoms with Crippen LogP contribution in [0.5, 0.6) is 0 Å². The van der Waals surface area contributed by atoms with Gasteiger partial charge < -0.3 is 0 Å². The molecule has 2 atom stereocenters. The SMILES string of the molecule is O=C1[C@@H]2CC=CC[C@@H]2C1(Cl)Cl. The maximum Gasteiger partial charge on any atom is 0.180 e. The van der Waals surface area contributed by atoms with Crippen molar-refractivity contribution >= 4 is 29.0 Å². The maximum absolute atomic E-state index is 11.2. The lowest BCUT2D eigenvalue weighted by atomic mass is 9.66. The second-order valence-electron chi connectivity index (χ2n) is 3.14. The van der Waals surface area contributed by atoms with E-state index in [0.29, 0.717) is 0 Å². The van der Waals surface area contributed by atoms with E-state index >= 15 is 0 Å². The van der Waals surface area contributed by atoms with Crippen molar-refractivity contribution in [2.24, 2.45) is 11.8 Å². The molecule has 11 heavy (non-hydrogen) atoms. The quantitative estimate of drug-likeness (QED) is 0.424. The summed E-state index contributed by atoms with van der Waals surface area (Å²) in [5.41, 5.74) is 0. The second-order valence-corrected chi connectivity index (χ2v) is 4.53. The van der Waals surface area contributed by atoms with Gasteiger partial charge in [0.15, 0.2) is 10.1 Å². The summed E-state index contributed by atoms with van der Waals surface area (Å²) < 4.78 is -1.07. The van der Waals surface area contributed by atoms with Crippen molar-refractivity contribution in [3.8, 4) is 0 Å². The maximum atomic E-state index is 11.2. The van der Waals surface area contributed by atoms with E-state index in [4.69, 9.17) is 23.2 Å². The van der Waals surface area contributed by atoms with E-state index in [2.05, 4.69) is 0 Å². The minimum absolute atomic E-state index is 0.00943. The zero-order chi connectivity index (χ0) is 8.06. The number of Topliss-reactive ketones (excluding diaryl/α,β-unsaturated/α-hetero) is 1. The molecular weight excluding hydrogens is 183 g/mol. The molecule has 2 aliphatic rings. The molecule has 0 amide bonds. The Labute approximate surface area is 75.4 Å². The van der Waals surface area contributed by atoms with Crippen molar-refractivity contribution in [2.75, 3.05) is 0 Å². The number of fused-ring (bicyclic) bond motifs is 1. The van der Waals surface area contributed by atoms with Crippen LogP contribution in [0.15, 0.2) is 12.2 Å². The Hall–Kier alpha value is -0.0100. The smallest absolute Gasteiger partial charge is 0.180 e. The van der Waals surface area contributed by atoms with Gasteiger partial charge >= 0.3 is 0 Å². The van der Waals surface area contributed by atoms with Crippen molar-refractivity contribution in [1.82, 2.24) is 0 Å². The third-order valence-electron chi connectivity index (χ3n) is 2.56. The van der Waals surface area contributed by atoms with Crippen LogP contribution in [0.2, 0.25) is 0 Å². The van der Waals surface area contributed by atoms with Crippen LogP contribution in [0.4, 0.5) is 0 Å². The molecule has 1 nitrogen and oxygen atoms in total. The van der Waals surface area contributed by atoms with Gasteiger partial charge in [0.1, 0.15) is 0 Å². The normalized spacial score (nSPS) is 39.6. The van der Waals surface area contributed by atoms with Crippen molar-refractivity contribution in [3.05, 3.63) is 12.2 Å². The van der Waals surface area contributed by atoms with Crippen LogP contribution >= 0.6 is 23.2 Å². The van der Waals surface area contributed by atoms with Gasteiger partial charge in [-0.05, 0) is 12.8 Å². The number of alkyl halides is 2. The molecule has 0 aliphatic heterocycles. The van der Waals surface area contributed by atoms with Crippen LogP contribution in [0.1, 0.15) is 12.8 Å². The number of carbonyl (C=O) groups is 1. The number of hydrogen-bond donors (Lipinski definition) is 0. The number of rotatable bonds is 0. The molecule has 1 saturated carbocycles. The van der Waals surface area contributed by atoms with Gasteiger partial charge in [-0.25, -0.2) is 0 Å². The van der Waals surface area contributed by atoms with Gasteiger partial charge in [0.25, 0.3) is 0 Å². The summed E-state index contributed by atoms with van der Waals surface area (Å²) in [6, 6.07) is 0. The number of allylic oxidation sites excluding steroid dienone is 2. The molecule has 0 aromatic rings. The molecular formula is C8H8Cl2O. The Morgan fingerprint density at radius 3 is 2.64 bits per heavy atom. The van der Waals surface area contributed by atoms with Crippen molar-refractivity contribution < 1.29 is 4.79 Å². The van der Waals surface area contributed by atoms with Crippen LogP contribution in [0, 0.1) is 11.8 Å². The van der Waals surface area contributed by atoms with Crippen LogP contribution < -0.4 is 0 Å². The summed E-state index contributed by atoms with van der Waals surface area (Å²) in [6.45, 7) is 0. The Morgan fingerprint density at radius 1 is 1.36 bits per heavy atom. The van der Waals surface area contributed by atoms with Gasteiger partial charge in [0.05, 0.1) is 0 Å². The minimum atomic E-state index is -1.07. The van der Waals surface area contributed by atoms with Crippen LogP contribution in [0.3, 0.4) is 0 Å². The average molecular weight is 191 g/mol. The Balaban J connectivity index is 2.24. The van der Waals surface area contributed by atoms with E-state index in [9.17, 15) is 4.79 Å². The van der Waals surface area contributed by atoms with Crippen LogP contribution in [-0.4, -0.2) is 10.1 Å². The lowest BCUT2D eigenvalue weighted by molar-refractivity contribution is -0.135. The van der Waals surface area contributed by atoms with E-state index in [1.807, 2.05) is 12.2 Å². The number of halogens is 2. The zero-order valence-corrected chi connectivity index (χ0v) is 7.40. The van der Waals surface area contributed by atoms with Crippen LogP contribution in [0.25, 0.3) is 0 Å². The van der Waals surface area contributed by atoms with E-state index in [1.54, 1.807) is 0 Å². The molecule has 60 valence electrons. The first-order valence-corrected chi connectivity index (χ1v) is 4.47. The van der Waals surface area contributed by atoms with E-state index in [-0.39, 0.29) is 17.6 Å². The predicted molar refractivity (Wildman–Crippen MR) is 44.8 cm³/mol. The summed E-state index contributed by atoms with van der Waals surface area (Å²) in [4.78, 5) is 11.2. The summed E-state index contributed by atoms with van der Waals surface area (Å²) in [5, 5.41) is 0. The molecule has 1 fully saturated rings. The monoisotopic (exact) mass is 190 g/mol. The topological polar surface area (TPSA) is 17.1 Å². The molecule has 0 N–H and O–H groups in total. The fourth-order valence-electron chi connectivity index (χ4n) is 1.84. The number of ketones is 1. The lowest BCUT2D eigenvalue weighted by Crippen LogP contribution is -2.56. The van der Waals surface area contributed by atoms with Crippen LogP contribution in [-0.2, 0) is 4.79 Å². The number of hydrogen-bond acceptors (Lipinski definition) is 1. The Morgan fingerprint density at radius 2 is 2.00 bits per heavy atom. The summed E-state index contributed by atoms with van der Waals surface area (Å²) >= 11 is 11.6. The average Bonchev–Trinajstić information content (AvgIpc) is 2.04. The van der Waals surface area contributed by atoms with Crippen molar-refractivity contribution in [3.63, 3.8) is 0 Å². The zero-order valence-electron chi connectivity index (χ0n) is 5.89. The van der Waals surface area contributed by atoms with Crippen molar-refractivity contribution in [2.45, 2.75) is 17.2 Å². The van der Waals surface area contributed by atoms with Gasteiger partial charge in [-0.2, -0.15) is 0 Å². The lowest BCUT2D eigenvalue weighted by Gasteiger charge is -2.46. The van der Waals surface area contributed by atoms with Crippen molar-refractivity contribution in [1.29, 1.82) is 0 Å². The first-order valence-electron chi connectivity index (χ1n) is 3.71. The molecule has 0 aromatic heterocycles. The Bertz CT molecular complexity index is 232. The first-order chi connectivity index (χ1) is 5.14. The highest BCUT2D eigenvalue weighted by Gasteiger charge is 2.59. The third-order valence-corrected chi connectivity index (χ3v) is 3.50. The Kier molecular flexibility index (Phi) is 1.55. The highest BCUT2D eigenvalue weighted by atomic mass is 35.5. The molecule has 3 heteroatoms. The van der Waals surface area contributed by atoms with Gasteiger partial charge in [-0.15, -0.1) is 0 Å². The van der Waals surface area contributed by atoms with E-state index in [1.165, 1.54) is 0 Å². The van der Waals surface area contributed by atoms with Gasteiger partial charge in [0, 0.05) is 11.8 Å². The van der Waals surface area contributed by atoms with E-state index in [0.717, 1.165) is 12.8 Å². The summed E-state index contributed by atoms with van der Waals surface area (Å²) in [5.74, 6) is 0.286. The van der Waals surface area contributed by atoms with Gasteiger partial charge in [-0.1, -0.05) is 35.4 Å². The van der Waals surface area contributed by atoms with Gasteiger partial charge in [0.2, 0.25) is 0 Å². The highest BCUT2D eigenvalue weighted by Crippen LogP contribution is 2.53. The number of carbonyl (C=O) groups excluding carboxylic acids is 1. The second kappa shape index (κ2) is 2.24. The molecule has 0 aromatic carbocycles. The highest BCUT2D eigenvalue weighted by molar-refractivity contribution is 6.60. The van der Waals surface area contributed by atoms with Gasteiger partial charge in [-0.3, -0.25) is 4.79 Å². The first kappa shape index (κ1) is 7.63. The minimum Gasteiger partial charge on any atom is -0.296 e. The fourth-order valence-corrected chi connectivity index (χ4v) is 2.60. The molecule has 2 rings (SSSR count). The summed E-state index contributed by atoms with van der Waals surface area (Å²) in [6.07, 6.45) is 5.75. The molecule has 0 unspecified atom stereocenters. The predicted octanol–water partition coefficient (Wildman–Crippen LogP) is 2.33. The molecule has 0 bridgehead atoms. The molecule has 0 spiro atoms. The molecule has 0 heterocycles.